The Bertz CT molecular complexity index is 1460. The smallest absolute Gasteiger partial charge is 0.225 e. The first kappa shape index (κ1) is 21.3. The van der Waals surface area contributed by atoms with E-state index < -0.39 is 0 Å². The summed E-state index contributed by atoms with van der Waals surface area (Å²) in [4.78, 5) is 18.6. The Morgan fingerprint density at radius 1 is 0.800 bits per heavy atom. The van der Waals surface area contributed by atoms with Gasteiger partial charge in [0.25, 0.3) is 0 Å². The maximum atomic E-state index is 4.66. The molecule has 1 aliphatic rings. The zero-order valence-electron chi connectivity index (χ0n) is 19.9. The summed E-state index contributed by atoms with van der Waals surface area (Å²) in [5.74, 6) is 0.792. The van der Waals surface area contributed by atoms with Gasteiger partial charge in [-0.3, -0.25) is 9.67 Å². The molecule has 9 heteroatoms. The van der Waals surface area contributed by atoms with E-state index in [2.05, 4.69) is 66.1 Å². The highest BCUT2D eigenvalue weighted by Gasteiger charge is 2.22. The van der Waals surface area contributed by atoms with Crippen molar-refractivity contribution in [2.45, 2.75) is 13.3 Å². The fourth-order valence-electron chi connectivity index (χ4n) is 4.62. The van der Waals surface area contributed by atoms with E-state index in [0.29, 0.717) is 0 Å². The van der Waals surface area contributed by atoms with E-state index >= 15 is 0 Å². The van der Waals surface area contributed by atoms with Gasteiger partial charge in [0.15, 0.2) is 0 Å². The number of rotatable bonds is 5. The van der Waals surface area contributed by atoms with Crippen LogP contribution in [0.5, 0.6) is 0 Å². The average Bonchev–Trinajstić information content (AvgIpc) is 3.50. The summed E-state index contributed by atoms with van der Waals surface area (Å²) >= 11 is 0. The number of piperazine rings is 1. The third-order valence-electron chi connectivity index (χ3n) is 6.47. The normalized spacial score (nSPS) is 14.1. The molecular weight excluding hydrogens is 438 g/mol. The molecule has 4 aromatic heterocycles. The van der Waals surface area contributed by atoms with Crippen molar-refractivity contribution in [3.05, 3.63) is 84.3 Å². The summed E-state index contributed by atoms with van der Waals surface area (Å²) in [5.41, 5.74) is 7.62. The van der Waals surface area contributed by atoms with Crippen molar-refractivity contribution in [3.8, 4) is 11.3 Å². The Morgan fingerprint density at radius 2 is 1.60 bits per heavy atom. The number of anilines is 2. The van der Waals surface area contributed by atoms with Gasteiger partial charge in [-0.25, -0.2) is 14.5 Å². The van der Waals surface area contributed by atoms with Crippen molar-refractivity contribution in [3.63, 3.8) is 0 Å². The van der Waals surface area contributed by atoms with Crippen molar-refractivity contribution in [2.75, 3.05) is 36.0 Å². The van der Waals surface area contributed by atoms with Gasteiger partial charge in [-0.05, 0) is 18.1 Å². The molecule has 1 aromatic carbocycles. The zero-order valence-corrected chi connectivity index (χ0v) is 19.9. The van der Waals surface area contributed by atoms with Gasteiger partial charge in [-0.2, -0.15) is 10.2 Å². The Hall–Kier alpha value is -4.27. The van der Waals surface area contributed by atoms with Gasteiger partial charge in [-0.1, -0.05) is 29.8 Å². The van der Waals surface area contributed by atoms with Crippen molar-refractivity contribution < 1.29 is 0 Å². The SMILES string of the molecule is Cc1cccc(Cc2cnc(N3CCN(c4cnn5cc(-c6cnn(C)c6)ncc45)CC3)nc2)c1. The van der Waals surface area contributed by atoms with Crippen LogP contribution in [0, 0.1) is 6.92 Å². The highest BCUT2D eigenvalue weighted by atomic mass is 15.3. The van der Waals surface area contributed by atoms with Crippen LogP contribution in [0.3, 0.4) is 0 Å². The number of hydrogen-bond donors (Lipinski definition) is 0. The predicted octanol–water partition coefficient (Wildman–Crippen LogP) is 3.15. The molecule has 0 bridgehead atoms. The number of fused-ring (bicyclic) bond motifs is 1. The van der Waals surface area contributed by atoms with Crippen LogP contribution in [0.25, 0.3) is 16.8 Å². The number of aromatic nitrogens is 7. The third kappa shape index (κ3) is 4.32. The monoisotopic (exact) mass is 465 g/mol. The number of hydrogen-bond acceptors (Lipinski definition) is 7. The molecule has 5 heterocycles. The number of nitrogens with zero attached hydrogens (tertiary/aromatic N) is 9. The Labute approximate surface area is 203 Å². The van der Waals surface area contributed by atoms with Crippen LogP contribution >= 0.6 is 0 Å². The van der Waals surface area contributed by atoms with Gasteiger partial charge in [-0.15, -0.1) is 0 Å². The summed E-state index contributed by atoms with van der Waals surface area (Å²) in [5, 5.41) is 8.82. The molecule has 1 fully saturated rings. The molecule has 1 aliphatic heterocycles. The lowest BCUT2D eigenvalue weighted by molar-refractivity contribution is 0.640. The topological polar surface area (TPSA) is 80.3 Å². The van der Waals surface area contributed by atoms with E-state index in [0.717, 1.165) is 66.6 Å². The van der Waals surface area contributed by atoms with Gasteiger partial charge < -0.3 is 9.80 Å². The van der Waals surface area contributed by atoms with Gasteiger partial charge in [0.1, 0.15) is 5.52 Å². The van der Waals surface area contributed by atoms with E-state index in [4.69, 9.17) is 0 Å². The van der Waals surface area contributed by atoms with E-state index in [1.807, 2.05) is 54.9 Å². The number of aryl methyl sites for hydroxylation is 2. The van der Waals surface area contributed by atoms with Crippen LogP contribution in [0.4, 0.5) is 11.6 Å². The molecule has 1 saturated heterocycles. The first-order valence-electron chi connectivity index (χ1n) is 11.8. The standard InChI is InChI=1S/C26H27N9/c1-19-4-3-5-20(10-19)11-21-12-28-26(29-13-21)34-8-6-33(7-9-34)24-16-31-35-18-23(27-15-25(24)35)22-14-30-32(2)17-22/h3-5,10,12-18H,6-9,11H2,1-2H3. The first-order valence-corrected chi connectivity index (χ1v) is 11.8. The van der Waals surface area contributed by atoms with Crippen LogP contribution < -0.4 is 9.80 Å². The quantitative estimate of drug-likeness (QED) is 0.394. The summed E-state index contributed by atoms with van der Waals surface area (Å²) < 4.78 is 3.67. The van der Waals surface area contributed by atoms with Crippen molar-refractivity contribution in [2.24, 2.45) is 7.05 Å². The maximum absolute atomic E-state index is 4.66. The molecule has 0 N–H and O–H groups in total. The minimum absolute atomic E-state index is 0.792. The molecule has 0 saturated carbocycles. The summed E-state index contributed by atoms with van der Waals surface area (Å²) in [6.07, 6.45) is 14.3. The zero-order chi connectivity index (χ0) is 23.8. The average molecular weight is 466 g/mol. The lowest BCUT2D eigenvalue weighted by atomic mass is 10.1. The van der Waals surface area contributed by atoms with Crippen LogP contribution in [-0.4, -0.2) is 60.5 Å². The van der Waals surface area contributed by atoms with Gasteiger partial charge in [0.05, 0.1) is 36.2 Å². The lowest BCUT2D eigenvalue weighted by Gasteiger charge is -2.35. The second-order valence-electron chi connectivity index (χ2n) is 9.07. The second-order valence-corrected chi connectivity index (χ2v) is 9.07. The van der Waals surface area contributed by atoms with Gasteiger partial charge in [0.2, 0.25) is 5.95 Å². The fourth-order valence-corrected chi connectivity index (χ4v) is 4.62. The summed E-state index contributed by atoms with van der Waals surface area (Å²) in [6.45, 7) is 5.58. The first-order chi connectivity index (χ1) is 17.1. The summed E-state index contributed by atoms with van der Waals surface area (Å²) in [6, 6.07) is 8.57. The van der Waals surface area contributed by atoms with E-state index in [-0.39, 0.29) is 0 Å². The highest BCUT2D eigenvalue weighted by Crippen LogP contribution is 2.25. The Balaban J connectivity index is 1.11. The molecule has 6 rings (SSSR count). The summed E-state index contributed by atoms with van der Waals surface area (Å²) in [7, 11) is 1.90. The van der Waals surface area contributed by atoms with Crippen LogP contribution in [-0.2, 0) is 13.5 Å². The van der Waals surface area contributed by atoms with Gasteiger partial charge in [0, 0.05) is 63.8 Å². The highest BCUT2D eigenvalue weighted by molar-refractivity contribution is 5.73. The maximum Gasteiger partial charge on any atom is 0.225 e. The minimum atomic E-state index is 0.792. The second kappa shape index (κ2) is 8.83. The van der Waals surface area contributed by atoms with Crippen molar-refractivity contribution >= 4 is 17.2 Å². The minimum Gasteiger partial charge on any atom is -0.365 e. The Kier molecular flexibility index (Phi) is 5.36. The number of benzene rings is 1. The molecule has 0 spiro atoms. The third-order valence-corrected chi connectivity index (χ3v) is 6.47. The van der Waals surface area contributed by atoms with E-state index in [1.165, 1.54) is 11.1 Å². The molecule has 35 heavy (non-hydrogen) atoms. The van der Waals surface area contributed by atoms with Crippen LogP contribution in [0.2, 0.25) is 0 Å². The molecule has 0 atom stereocenters. The lowest BCUT2D eigenvalue weighted by Crippen LogP contribution is -2.47. The molecule has 0 radical (unpaired) electrons. The molecular formula is C26H27N9. The molecule has 0 aliphatic carbocycles. The van der Waals surface area contributed by atoms with Crippen LogP contribution in [0.15, 0.2) is 67.6 Å². The molecule has 9 nitrogen and oxygen atoms in total. The van der Waals surface area contributed by atoms with Gasteiger partial charge >= 0.3 is 0 Å². The molecule has 5 aromatic rings. The van der Waals surface area contributed by atoms with E-state index in [9.17, 15) is 0 Å². The largest absolute Gasteiger partial charge is 0.365 e. The Morgan fingerprint density at radius 3 is 2.34 bits per heavy atom. The predicted molar refractivity (Wildman–Crippen MR) is 136 cm³/mol. The van der Waals surface area contributed by atoms with Crippen LogP contribution in [0.1, 0.15) is 16.7 Å². The molecule has 176 valence electrons. The molecule has 0 unspecified atom stereocenters. The molecule has 0 amide bonds. The van der Waals surface area contributed by atoms with Crippen molar-refractivity contribution in [1.29, 1.82) is 0 Å². The van der Waals surface area contributed by atoms with E-state index in [1.54, 1.807) is 4.68 Å². The fraction of sp³-hybridized carbons (Fsp3) is 0.269. The van der Waals surface area contributed by atoms with Crippen molar-refractivity contribution in [1.82, 2.24) is 34.3 Å².